The van der Waals surface area contributed by atoms with Gasteiger partial charge in [-0.2, -0.15) is 4.39 Å². The molecular weight excluding hydrogens is 399 g/mol. The summed E-state index contributed by atoms with van der Waals surface area (Å²) in [6, 6.07) is 6.30. The zero-order valence-corrected chi connectivity index (χ0v) is 18.4. The Labute approximate surface area is 170 Å². The second-order valence-electron chi connectivity index (χ2n) is 8.29. The number of ether oxygens (including phenoxy) is 2. The van der Waals surface area contributed by atoms with Gasteiger partial charge in [-0.1, -0.05) is 26.8 Å². The molecule has 2 aromatic carbocycles. The third-order valence-corrected chi connectivity index (χ3v) is 9.61. The van der Waals surface area contributed by atoms with Crippen molar-refractivity contribution in [1.29, 1.82) is 0 Å². The first kappa shape index (κ1) is 23.1. The minimum absolute atomic E-state index is 0.0509. The largest absolute Gasteiger partial charge is 0.487 e. The monoisotopic (exact) mass is 427 g/mol. The first-order valence-electron chi connectivity index (χ1n) is 9.34. The maximum absolute atomic E-state index is 14.3. The second kappa shape index (κ2) is 9.09. The summed E-state index contributed by atoms with van der Waals surface area (Å²) in [5.74, 6) is -3.04. The number of nitrogen functional groups attached to an aromatic ring is 1. The van der Waals surface area contributed by atoms with E-state index in [1.807, 2.05) is 0 Å². The number of hydrogen-bond acceptors (Lipinski definition) is 4. The first-order valence-corrected chi connectivity index (χ1v) is 12.2. The molecule has 0 fully saturated rings. The fraction of sp³-hybridized carbons (Fsp3) is 0.429. The van der Waals surface area contributed by atoms with Crippen molar-refractivity contribution in [2.24, 2.45) is 0 Å². The van der Waals surface area contributed by atoms with Crippen molar-refractivity contribution in [2.75, 3.05) is 18.9 Å². The molecule has 0 radical (unpaired) electrons. The molecule has 8 heteroatoms. The highest BCUT2D eigenvalue weighted by Crippen LogP contribution is 2.37. The van der Waals surface area contributed by atoms with Gasteiger partial charge in [0.25, 0.3) is 0 Å². The number of hydrogen-bond donors (Lipinski definition) is 1. The summed E-state index contributed by atoms with van der Waals surface area (Å²) in [6.45, 7) is 11.0. The summed E-state index contributed by atoms with van der Waals surface area (Å²) < 4.78 is 58.3. The van der Waals surface area contributed by atoms with Crippen molar-refractivity contribution < 1.29 is 27.1 Å². The topological polar surface area (TPSA) is 53.7 Å². The van der Waals surface area contributed by atoms with Crippen LogP contribution in [0.2, 0.25) is 18.1 Å². The van der Waals surface area contributed by atoms with Crippen LogP contribution in [0.4, 0.5) is 18.9 Å². The van der Waals surface area contributed by atoms with E-state index in [9.17, 15) is 13.2 Å². The fourth-order valence-corrected chi connectivity index (χ4v) is 3.29. The van der Waals surface area contributed by atoms with Gasteiger partial charge in [-0.25, -0.2) is 8.78 Å². The van der Waals surface area contributed by atoms with Gasteiger partial charge < -0.3 is 19.6 Å². The smallest absolute Gasteiger partial charge is 0.204 e. The maximum Gasteiger partial charge on any atom is 0.204 e. The molecule has 0 aliphatic rings. The Bertz CT molecular complexity index is 854. The lowest BCUT2D eigenvalue weighted by molar-refractivity contribution is 0.191. The van der Waals surface area contributed by atoms with E-state index >= 15 is 0 Å². The Morgan fingerprint density at radius 2 is 1.59 bits per heavy atom. The lowest BCUT2D eigenvalue weighted by atomic mass is 10.2. The standard InChI is InChI=1S/C21H28F3NO3Si/c1-21(2,3)29(4,5)28-11-10-26-18-9-8-16(23)19(24)20(18)27-13-14-6-7-15(22)17(25)12-14/h6-9,12H,10-11,13,25H2,1-5H3. The third-order valence-electron chi connectivity index (χ3n) is 5.07. The fourth-order valence-electron chi connectivity index (χ4n) is 2.27. The van der Waals surface area contributed by atoms with Crippen LogP contribution in [0.1, 0.15) is 26.3 Å². The molecule has 0 saturated heterocycles. The zero-order valence-electron chi connectivity index (χ0n) is 17.4. The van der Waals surface area contributed by atoms with E-state index in [0.717, 1.165) is 6.07 Å². The van der Waals surface area contributed by atoms with Gasteiger partial charge in [-0.15, -0.1) is 0 Å². The quantitative estimate of drug-likeness (QED) is 0.335. The van der Waals surface area contributed by atoms with Gasteiger partial charge in [0, 0.05) is 0 Å². The van der Waals surface area contributed by atoms with E-state index in [-0.39, 0.29) is 35.4 Å². The molecule has 0 saturated carbocycles. The molecule has 4 nitrogen and oxygen atoms in total. The van der Waals surface area contributed by atoms with Gasteiger partial charge in [-0.3, -0.25) is 0 Å². The Balaban J connectivity index is 2.05. The van der Waals surface area contributed by atoms with Crippen LogP contribution in [0.15, 0.2) is 30.3 Å². The third kappa shape index (κ3) is 5.90. The molecule has 0 amide bonds. The van der Waals surface area contributed by atoms with Crippen LogP contribution >= 0.6 is 0 Å². The number of nitrogens with two attached hydrogens (primary N) is 1. The van der Waals surface area contributed by atoms with Gasteiger partial charge in [0.05, 0.1) is 12.3 Å². The van der Waals surface area contributed by atoms with E-state index < -0.39 is 25.8 Å². The van der Waals surface area contributed by atoms with Crippen LogP contribution in [0.5, 0.6) is 11.5 Å². The van der Waals surface area contributed by atoms with E-state index in [1.165, 1.54) is 24.3 Å². The highest BCUT2D eigenvalue weighted by Gasteiger charge is 2.36. The molecule has 160 valence electrons. The van der Waals surface area contributed by atoms with E-state index in [0.29, 0.717) is 12.2 Å². The molecule has 2 aromatic rings. The molecule has 29 heavy (non-hydrogen) atoms. The SMILES string of the molecule is CC(C)(C)[Si](C)(C)OCCOc1ccc(F)c(F)c1OCc1ccc(F)c(N)c1. The molecule has 2 N–H and O–H groups in total. The highest BCUT2D eigenvalue weighted by molar-refractivity contribution is 6.74. The summed E-state index contributed by atoms with van der Waals surface area (Å²) in [6.07, 6.45) is 0. The average molecular weight is 428 g/mol. The Morgan fingerprint density at radius 3 is 2.21 bits per heavy atom. The first-order chi connectivity index (χ1) is 13.4. The van der Waals surface area contributed by atoms with Crippen LogP contribution in [0.3, 0.4) is 0 Å². The van der Waals surface area contributed by atoms with Crippen LogP contribution < -0.4 is 15.2 Å². The van der Waals surface area contributed by atoms with Crippen LogP contribution in [-0.4, -0.2) is 21.5 Å². The maximum atomic E-state index is 14.3. The molecule has 0 aliphatic carbocycles. The zero-order chi connectivity index (χ0) is 21.8. The average Bonchev–Trinajstić information content (AvgIpc) is 2.62. The van der Waals surface area contributed by atoms with Gasteiger partial charge >= 0.3 is 0 Å². The van der Waals surface area contributed by atoms with Gasteiger partial charge in [0.1, 0.15) is 19.0 Å². The molecule has 0 spiro atoms. The summed E-state index contributed by atoms with van der Waals surface area (Å²) in [4.78, 5) is 0. The van der Waals surface area contributed by atoms with Crippen molar-refractivity contribution in [1.82, 2.24) is 0 Å². The van der Waals surface area contributed by atoms with E-state index in [1.54, 1.807) is 0 Å². The van der Waals surface area contributed by atoms with Crippen molar-refractivity contribution in [3.8, 4) is 11.5 Å². The van der Waals surface area contributed by atoms with Gasteiger partial charge in [0.2, 0.25) is 11.6 Å². The molecule has 0 unspecified atom stereocenters. The number of rotatable bonds is 8. The van der Waals surface area contributed by atoms with E-state index in [2.05, 4.69) is 33.9 Å². The molecule has 2 rings (SSSR count). The summed E-state index contributed by atoms with van der Waals surface area (Å²) in [5, 5.41) is 0.0558. The molecule has 0 bridgehead atoms. The van der Waals surface area contributed by atoms with Crippen LogP contribution in [-0.2, 0) is 11.0 Å². The van der Waals surface area contributed by atoms with E-state index in [4.69, 9.17) is 19.6 Å². The Morgan fingerprint density at radius 1 is 0.931 bits per heavy atom. The van der Waals surface area contributed by atoms with Crippen molar-refractivity contribution >= 4 is 14.0 Å². The second-order valence-corrected chi connectivity index (χ2v) is 13.1. The molecule has 0 aromatic heterocycles. The lowest BCUT2D eigenvalue weighted by Gasteiger charge is -2.36. The molecule has 0 atom stereocenters. The summed E-state index contributed by atoms with van der Waals surface area (Å²) >= 11 is 0. The molecular formula is C21H28F3NO3Si. The number of benzene rings is 2. The van der Waals surface area contributed by atoms with Crippen molar-refractivity contribution in [2.45, 2.75) is 45.5 Å². The lowest BCUT2D eigenvalue weighted by Crippen LogP contribution is -2.41. The normalized spacial score (nSPS) is 12.1. The van der Waals surface area contributed by atoms with Crippen LogP contribution in [0, 0.1) is 17.5 Å². The van der Waals surface area contributed by atoms with Crippen molar-refractivity contribution in [3.05, 3.63) is 53.3 Å². The van der Waals surface area contributed by atoms with Crippen LogP contribution in [0.25, 0.3) is 0 Å². The number of halogens is 3. The molecule has 0 aliphatic heterocycles. The molecule has 0 heterocycles. The minimum Gasteiger partial charge on any atom is -0.487 e. The van der Waals surface area contributed by atoms with Gasteiger partial charge in [0.15, 0.2) is 19.9 Å². The predicted molar refractivity (Wildman–Crippen MR) is 110 cm³/mol. The Hall–Kier alpha value is -2.19. The number of anilines is 1. The predicted octanol–water partition coefficient (Wildman–Crippen LogP) is 5.67. The summed E-state index contributed by atoms with van der Waals surface area (Å²) in [5.41, 5.74) is 5.98. The highest BCUT2D eigenvalue weighted by atomic mass is 28.4. The summed E-state index contributed by atoms with van der Waals surface area (Å²) in [7, 11) is -1.93. The Kier molecular flexibility index (Phi) is 7.23. The minimum atomic E-state index is -1.93. The van der Waals surface area contributed by atoms with Gasteiger partial charge in [-0.05, 0) is 48.0 Å². The van der Waals surface area contributed by atoms with Crippen molar-refractivity contribution in [3.63, 3.8) is 0 Å².